The fourth-order valence-corrected chi connectivity index (χ4v) is 2.36. The first-order valence-corrected chi connectivity index (χ1v) is 6.84. The second-order valence-electron chi connectivity index (χ2n) is 4.34. The van der Waals surface area contributed by atoms with Crippen LogP contribution in [0.3, 0.4) is 0 Å². The molecule has 0 spiro atoms. The van der Waals surface area contributed by atoms with Crippen LogP contribution in [0.4, 0.5) is 0 Å². The second kappa shape index (κ2) is 6.35. The van der Waals surface area contributed by atoms with Gasteiger partial charge in [-0.25, -0.2) is 0 Å². The van der Waals surface area contributed by atoms with E-state index in [0.29, 0.717) is 27.3 Å². The van der Waals surface area contributed by atoms with E-state index in [4.69, 9.17) is 38.4 Å². The minimum absolute atomic E-state index is 0.229. The average molecular weight is 312 g/mol. The van der Waals surface area contributed by atoms with Crippen molar-refractivity contribution in [3.05, 3.63) is 52.0 Å². The van der Waals surface area contributed by atoms with Crippen LogP contribution >= 0.6 is 23.2 Å². The maximum absolute atomic E-state index is 6.11. The van der Waals surface area contributed by atoms with Gasteiger partial charge < -0.3 is 15.2 Å². The van der Waals surface area contributed by atoms with E-state index in [0.717, 1.165) is 5.56 Å². The van der Waals surface area contributed by atoms with Gasteiger partial charge in [-0.3, -0.25) is 0 Å². The summed E-state index contributed by atoms with van der Waals surface area (Å²) in [5.74, 6) is 1.82. The van der Waals surface area contributed by atoms with Crippen LogP contribution in [-0.4, -0.2) is 7.11 Å². The fraction of sp³-hybridized carbons (Fsp3) is 0.200. The molecule has 2 aromatic rings. The monoisotopic (exact) mass is 311 g/mol. The van der Waals surface area contributed by atoms with Crippen molar-refractivity contribution in [3.63, 3.8) is 0 Å². The molecule has 0 amide bonds. The lowest BCUT2D eigenvalue weighted by Gasteiger charge is -2.17. The predicted molar refractivity (Wildman–Crippen MR) is 82.1 cm³/mol. The van der Waals surface area contributed by atoms with E-state index >= 15 is 0 Å². The van der Waals surface area contributed by atoms with Crippen molar-refractivity contribution in [3.8, 4) is 17.2 Å². The van der Waals surface area contributed by atoms with Crippen LogP contribution in [0.1, 0.15) is 18.5 Å². The summed E-state index contributed by atoms with van der Waals surface area (Å²) in [4.78, 5) is 0. The highest BCUT2D eigenvalue weighted by Gasteiger charge is 2.15. The summed E-state index contributed by atoms with van der Waals surface area (Å²) in [6.07, 6.45) is 0. The molecule has 2 rings (SSSR count). The summed E-state index contributed by atoms with van der Waals surface area (Å²) in [5.41, 5.74) is 6.79. The Morgan fingerprint density at radius 1 is 1.05 bits per heavy atom. The normalized spacial score (nSPS) is 12.1. The van der Waals surface area contributed by atoms with Crippen molar-refractivity contribution in [1.82, 2.24) is 0 Å². The van der Waals surface area contributed by atoms with Crippen LogP contribution in [0, 0.1) is 0 Å². The average Bonchev–Trinajstić information content (AvgIpc) is 2.41. The molecule has 0 aliphatic rings. The van der Waals surface area contributed by atoms with Gasteiger partial charge in [-0.1, -0.05) is 29.3 Å². The van der Waals surface area contributed by atoms with Gasteiger partial charge >= 0.3 is 0 Å². The Hall–Kier alpha value is -1.42. The zero-order chi connectivity index (χ0) is 14.7. The van der Waals surface area contributed by atoms with Crippen LogP contribution < -0.4 is 15.2 Å². The molecule has 0 bridgehead atoms. The van der Waals surface area contributed by atoms with Crippen molar-refractivity contribution in [2.24, 2.45) is 5.73 Å². The summed E-state index contributed by atoms with van der Waals surface area (Å²) < 4.78 is 11.2. The SMILES string of the molecule is COc1cccc(Oc2ccc(Cl)cc2Cl)c1[C@H](C)N. The molecular formula is C15H15Cl2NO2. The third-order valence-electron chi connectivity index (χ3n) is 2.82. The van der Waals surface area contributed by atoms with Gasteiger partial charge in [-0.15, -0.1) is 0 Å². The summed E-state index contributed by atoms with van der Waals surface area (Å²) in [6, 6.07) is 10.3. The van der Waals surface area contributed by atoms with Crippen LogP contribution in [0.5, 0.6) is 17.2 Å². The molecule has 0 heterocycles. The van der Waals surface area contributed by atoms with Gasteiger partial charge in [0, 0.05) is 11.1 Å². The highest BCUT2D eigenvalue weighted by Crippen LogP contribution is 2.38. The number of rotatable bonds is 4. The fourth-order valence-electron chi connectivity index (χ4n) is 1.92. The Bertz CT molecular complexity index is 615. The molecule has 106 valence electrons. The molecule has 2 N–H and O–H groups in total. The Labute approximate surface area is 128 Å². The number of halogens is 2. The number of hydrogen-bond acceptors (Lipinski definition) is 3. The molecule has 0 aromatic heterocycles. The Morgan fingerprint density at radius 3 is 2.35 bits per heavy atom. The lowest BCUT2D eigenvalue weighted by atomic mass is 10.1. The van der Waals surface area contributed by atoms with Gasteiger partial charge in [-0.05, 0) is 37.3 Å². The summed E-state index contributed by atoms with van der Waals surface area (Å²) in [7, 11) is 1.60. The van der Waals surface area contributed by atoms with E-state index < -0.39 is 0 Å². The van der Waals surface area contributed by atoms with Crippen LogP contribution in [0.15, 0.2) is 36.4 Å². The zero-order valence-corrected chi connectivity index (χ0v) is 12.7. The maximum Gasteiger partial charge on any atom is 0.146 e. The third kappa shape index (κ3) is 3.18. The number of nitrogens with two attached hydrogens (primary N) is 1. The summed E-state index contributed by atoms with van der Waals surface area (Å²) >= 11 is 12.0. The Kier molecular flexibility index (Phi) is 4.76. The number of hydrogen-bond donors (Lipinski definition) is 1. The number of ether oxygens (including phenoxy) is 2. The van der Waals surface area contributed by atoms with Gasteiger partial charge in [0.1, 0.15) is 17.2 Å². The largest absolute Gasteiger partial charge is 0.496 e. The Morgan fingerprint density at radius 2 is 1.75 bits per heavy atom. The molecule has 5 heteroatoms. The molecular weight excluding hydrogens is 297 g/mol. The van der Waals surface area contributed by atoms with Gasteiger partial charge in [-0.2, -0.15) is 0 Å². The Balaban J connectivity index is 2.43. The van der Waals surface area contributed by atoms with E-state index in [1.165, 1.54) is 0 Å². The van der Waals surface area contributed by atoms with Crippen LogP contribution in [-0.2, 0) is 0 Å². The summed E-state index contributed by atoms with van der Waals surface area (Å²) in [5, 5.41) is 0.997. The predicted octanol–water partition coefficient (Wildman–Crippen LogP) is 4.81. The standard InChI is InChI=1S/C15H15Cl2NO2/c1-9(18)15-13(19-2)4-3-5-14(15)20-12-7-6-10(16)8-11(12)17/h3-9H,18H2,1-2H3/t9-/m0/s1. The van der Waals surface area contributed by atoms with Crippen molar-refractivity contribution >= 4 is 23.2 Å². The third-order valence-corrected chi connectivity index (χ3v) is 3.35. The lowest BCUT2D eigenvalue weighted by Crippen LogP contribution is -2.08. The molecule has 0 saturated heterocycles. The van der Waals surface area contributed by atoms with Crippen molar-refractivity contribution < 1.29 is 9.47 Å². The quantitative estimate of drug-likeness (QED) is 0.880. The van der Waals surface area contributed by atoms with Crippen LogP contribution in [0.2, 0.25) is 10.0 Å². The first kappa shape index (κ1) is 15.0. The van der Waals surface area contributed by atoms with Gasteiger partial charge in [0.2, 0.25) is 0 Å². The molecule has 0 saturated carbocycles. The van der Waals surface area contributed by atoms with E-state index in [-0.39, 0.29) is 6.04 Å². The number of methoxy groups -OCH3 is 1. The van der Waals surface area contributed by atoms with Crippen molar-refractivity contribution in [2.75, 3.05) is 7.11 Å². The first-order valence-electron chi connectivity index (χ1n) is 6.08. The maximum atomic E-state index is 6.11. The van der Waals surface area contributed by atoms with Gasteiger partial charge in [0.25, 0.3) is 0 Å². The zero-order valence-electron chi connectivity index (χ0n) is 11.2. The second-order valence-corrected chi connectivity index (χ2v) is 5.18. The molecule has 0 aliphatic carbocycles. The molecule has 0 unspecified atom stereocenters. The van der Waals surface area contributed by atoms with Crippen molar-refractivity contribution in [1.29, 1.82) is 0 Å². The molecule has 0 radical (unpaired) electrons. The minimum atomic E-state index is -0.229. The lowest BCUT2D eigenvalue weighted by molar-refractivity contribution is 0.397. The summed E-state index contributed by atoms with van der Waals surface area (Å²) in [6.45, 7) is 1.87. The molecule has 20 heavy (non-hydrogen) atoms. The number of benzene rings is 2. The molecule has 3 nitrogen and oxygen atoms in total. The van der Waals surface area contributed by atoms with E-state index in [1.54, 1.807) is 25.3 Å². The van der Waals surface area contributed by atoms with E-state index in [9.17, 15) is 0 Å². The van der Waals surface area contributed by atoms with Crippen LogP contribution in [0.25, 0.3) is 0 Å². The van der Waals surface area contributed by atoms with E-state index in [1.807, 2.05) is 25.1 Å². The molecule has 2 aromatic carbocycles. The minimum Gasteiger partial charge on any atom is -0.496 e. The van der Waals surface area contributed by atoms with Gasteiger partial charge in [0.15, 0.2) is 0 Å². The highest BCUT2D eigenvalue weighted by atomic mass is 35.5. The smallest absolute Gasteiger partial charge is 0.146 e. The van der Waals surface area contributed by atoms with E-state index in [2.05, 4.69) is 0 Å². The highest BCUT2D eigenvalue weighted by molar-refractivity contribution is 6.35. The van der Waals surface area contributed by atoms with Gasteiger partial charge in [0.05, 0.1) is 17.7 Å². The topological polar surface area (TPSA) is 44.5 Å². The first-order chi connectivity index (χ1) is 9.52. The molecule has 1 atom stereocenters. The molecule has 0 fully saturated rings. The molecule has 0 aliphatic heterocycles. The van der Waals surface area contributed by atoms with Crippen molar-refractivity contribution in [2.45, 2.75) is 13.0 Å².